The van der Waals surface area contributed by atoms with E-state index >= 15 is 0 Å². The van der Waals surface area contributed by atoms with Crippen molar-refractivity contribution in [2.24, 2.45) is 0 Å². The summed E-state index contributed by atoms with van der Waals surface area (Å²) in [6.45, 7) is 1.77. The average Bonchev–Trinajstić information content (AvgIpc) is 2.47. The second kappa shape index (κ2) is 5.73. The molecule has 20 heavy (non-hydrogen) atoms. The second-order valence-corrected chi connectivity index (χ2v) is 6.56. The molecule has 106 valence electrons. The van der Waals surface area contributed by atoms with Gasteiger partial charge in [-0.3, -0.25) is 0 Å². The van der Waals surface area contributed by atoms with Crippen LogP contribution in [0.2, 0.25) is 0 Å². The van der Waals surface area contributed by atoms with E-state index in [1.54, 1.807) is 49.4 Å². The fraction of sp³-hybridized carbons (Fsp3) is 0.200. The summed E-state index contributed by atoms with van der Waals surface area (Å²) in [7, 11) is -2.03. The third kappa shape index (κ3) is 2.89. The molecule has 2 aromatic rings. The van der Waals surface area contributed by atoms with Crippen LogP contribution in [0.25, 0.3) is 0 Å². The molecule has 0 saturated carbocycles. The van der Waals surface area contributed by atoms with E-state index in [2.05, 4.69) is 0 Å². The molecule has 0 amide bonds. The van der Waals surface area contributed by atoms with Crippen molar-refractivity contribution in [3.05, 3.63) is 66.0 Å². The molecule has 0 heterocycles. The van der Waals surface area contributed by atoms with Gasteiger partial charge >= 0.3 is 0 Å². The molecule has 0 aliphatic rings. The van der Waals surface area contributed by atoms with Gasteiger partial charge in [-0.2, -0.15) is 4.31 Å². The third-order valence-corrected chi connectivity index (χ3v) is 5.26. The van der Waals surface area contributed by atoms with Gasteiger partial charge in [0.05, 0.1) is 4.90 Å². The van der Waals surface area contributed by atoms with Gasteiger partial charge in [-0.15, -0.1) is 0 Å². The minimum absolute atomic E-state index is 0.247. The minimum atomic E-state index is -3.56. The van der Waals surface area contributed by atoms with Gasteiger partial charge in [-0.1, -0.05) is 30.3 Å². The van der Waals surface area contributed by atoms with Crippen molar-refractivity contribution < 1.29 is 12.8 Å². The lowest BCUT2D eigenvalue weighted by atomic mass is 10.1. The first kappa shape index (κ1) is 14.7. The van der Waals surface area contributed by atoms with Gasteiger partial charge in [-0.05, 0) is 36.8 Å². The van der Waals surface area contributed by atoms with Crippen molar-refractivity contribution in [2.75, 3.05) is 7.05 Å². The highest BCUT2D eigenvalue weighted by Gasteiger charge is 2.25. The van der Waals surface area contributed by atoms with Crippen LogP contribution >= 0.6 is 0 Å². The number of benzene rings is 2. The Balaban J connectivity index is 2.31. The molecule has 2 rings (SSSR count). The zero-order valence-electron chi connectivity index (χ0n) is 11.3. The number of hydrogen-bond donors (Lipinski definition) is 0. The van der Waals surface area contributed by atoms with Gasteiger partial charge in [0, 0.05) is 13.1 Å². The lowest BCUT2D eigenvalue weighted by Crippen LogP contribution is -2.29. The van der Waals surface area contributed by atoms with E-state index in [-0.39, 0.29) is 16.8 Å². The van der Waals surface area contributed by atoms with Crippen LogP contribution in [0.5, 0.6) is 0 Å². The van der Waals surface area contributed by atoms with E-state index in [0.717, 1.165) is 5.56 Å². The van der Waals surface area contributed by atoms with Gasteiger partial charge in [0.25, 0.3) is 0 Å². The lowest BCUT2D eigenvalue weighted by Gasteiger charge is -2.24. The van der Waals surface area contributed by atoms with E-state index in [0.29, 0.717) is 0 Å². The quantitative estimate of drug-likeness (QED) is 0.868. The fourth-order valence-corrected chi connectivity index (χ4v) is 3.29. The molecule has 0 N–H and O–H groups in total. The van der Waals surface area contributed by atoms with Crippen LogP contribution in [-0.2, 0) is 10.0 Å². The van der Waals surface area contributed by atoms with E-state index in [4.69, 9.17) is 0 Å². The molecule has 2 aromatic carbocycles. The number of halogens is 1. The Hall–Kier alpha value is -1.72. The Morgan fingerprint density at radius 3 is 2.10 bits per heavy atom. The Bertz CT molecular complexity index is 669. The predicted octanol–water partition coefficient (Wildman–Crippen LogP) is 3.21. The maximum atomic E-state index is 12.9. The molecule has 0 aliphatic carbocycles. The van der Waals surface area contributed by atoms with Crippen LogP contribution in [0.4, 0.5) is 4.39 Å². The number of hydrogen-bond acceptors (Lipinski definition) is 2. The SMILES string of the molecule is CC(c1ccc(F)cc1)N(C)S(=O)(=O)c1ccccc1. The van der Waals surface area contributed by atoms with E-state index in [9.17, 15) is 12.8 Å². The summed E-state index contributed by atoms with van der Waals surface area (Å²) in [6, 6.07) is 13.7. The van der Waals surface area contributed by atoms with Crippen LogP contribution in [-0.4, -0.2) is 19.8 Å². The Labute approximate surface area is 118 Å². The number of nitrogens with zero attached hydrogens (tertiary/aromatic N) is 1. The van der Waals surface area contributed by atoms with Gasteiger partial charge in [0.1, 0.15) is 5.82 Å². The fourth-order valence-electron chi connectivity index (χ4n) is 1.92. The standard InChI is InChI=1S/C15H16FNO2S/c1-12(13-8-10-14(16)11-9-13)17(2)20(18,19)15-6-4-3-5-7-15/h3-12H,1-2H3. The van der Waals surface area contributed by atoms with Crippen LogP contribution in [0.3, 0.4) is 0 Å². The topological polar surface area (TPSA) is 37.4 Å². The normalized spacial score (nSPS) is 13.4. The highest BCUT2D eigenvalue weighted by molar-refractivity contribution is 7.89. The molecular weight excluding hydrogens is 277 g/mol. The maximum absolute atomic E-state index is 12.9. The summed E-state index contributed by atoms with van der Waals surface area (Å²) < 4.78 is 39.1. The molecular formula is C15H16FNO2S. The van der Waals surface area contributed by atoms with Crippen LogP contribution in [0, 0.1) is 5.82 Å². The third-order valence-electron chi connectivity index (χ3n) is 3.32. The molecule has 1 unspecified atom stereocenters. The molecule has 0 radical (unpaired) electrons. The van der Waals surface area contributed by atoms with Crippen molar-refractivity contribution >= 4 is 10.0 Å². The maximum Gasteiger partial charge on any atom is 0.243 e. The summed E-state index contributed by atoms with van der Waals surface area (Å²) in [5, 5.41) is 0. The molecule has 0 aliphatic heterocycles. The molecule has 3 nitrogen and oxygen atoms in total. The lowest BCUT2D eigenvalue weighted by molar-refractivity contribution is 0.398. The van der Waals surface area contributed by atoms with Gasteiger partial charge < -0.3 is 0 Å². The van der Waals surface area contributed by atoms with Gasteiger partial charge in [0.2, 0.25) is 10.0 Å². The minimum Gasteiger partial charge on any atom is -0.207 e. The van der Waals surface area contributed by atoms with Crippen molar-refractivity contribution in [3.8, 4) is 0 Å². The Morgan fingerprint density at radius 1 is 1.00 bits per heavy atom. The zero-order chi connectivity index (χ0) is 14.8. The number of sulfonamides is 1. The molecule has 0 bridgehead atoms. The highest BCUT2D eigenvalue weighted by atomic mass is 32.2. The Kier molecular flexibility index (Phi) is 4.20. The summed E-state index contributed by atoms with van der Waals surface area (Å²) in [4.78, 5) is 0.247. The van der Waals surface area contributed by atoms with Crippen molar-refractivity contribution in [1.82, 2.24) is 4.31 Å². The van der Waals surface area contributed by atoms with E-state index in [1.165, 1.54) is 23.5 Å². The van der Waals surface area contributed by atoms with E-state index < -0.39 is 10.0 Å². The van der Waals surface area contributed by atoms with Gasteiger partial charge in [-0.25, -0.2) is 12.8 Å². The molecule has 1 atom stereocenters. The molecule has 0 spiro atoms. The average molecular weight is 293 g/mol. The largest absolute Gasteiger partial charge is 0.243 e. The molecule has 0 aromatic heterocycles. The molecule has 0 saturated heterocycles. The van der Waals surface area contributed by atoms with Crippen molar-refractivity contribution in [1.29, 1.82) is 0 Å². The first-order valence-electron chi connectivity index (χ1n) is 6.21. The Morgan fingerprint density at radius 2 is 1.55 bits per heavy atom. The van der Waals surface area contributed by atoms with Crippen LogP contribution in [0.15, 0.2) is 59.5 Å². The summed E-state index contributed by atoms with van der Waals surface area (Å²) in [5.74, 6) is -0.338. The monoisotopic (exact) mass is 293 g/mol. The van der Waals surface area contributed by atoms with E-state index in [1.807, 2.05) is 0 Å². The molecule has 5 heteroatoms. The van der Waals surface area contributed by atoms with Crippen LogP contribution < -0.4 is 0 Å². The van der Waals surface area contributed by atoms with Crippen LogP contribution in [0.1, 0.15) is 18.5 Å². The zero-order valence-corrected chi connectivity index (χ0v) is 12.1. The first-order chi connectivity index (χ1) is 9.43. The summed E-state index contributed by atoms with van der Waals surface area (Å²) >= 11 is 0. The van der Waals surface area contributed by atoms with Crippen molar-refractivity contribution in [2.45, 2.75) is 17.9 Å². The summed E-state index contributed by atoms with van der Waals surface area (Å²) in [5.41, 5.74) is 0.744. The van der Waals surface area contributed by atoms with Crippen molar-refractivity contribution in [3.63, 3.8) is 0 Å². The smallest absolute Gasteiger partial charge is 0.207 e. The molecule has 0 fully saturated rings. The first-order valence-corrected chi connectivity index (χ1v) is 7.65. The predicted molar refractivity (Wildman–Crippen MR) is 76.2 cm³/mol. The van der Waals surface area contributed by atoms with Gasteiger partial charge in [0.15, 0.2) is 0 Å². The summed E-state index contributed by atoms with van der Waals surface area (Å²) in [6.07, 6.45) is 0. The highest BCUT2D eigenvalue weighted by Crippen LogP contribution is 2.25. The second-order valence-electron chi connectivity index (χ2n) is 4.56. The number of rotatable bonds is 4.